The van der Waals surface area contributed by atoms with Gasteiger partial charge in [-0.25, -0.2) is 0 Å². The minimum absolute atomic E-state index is 0. The molecule has 0 spiro atoms. The number of carbonyl (C=O) groups excluding carboxylic acids is 2. The van der Waals surface area contributed by atoms with Crippen molar-refractivity contribution in [2.75, 3.05) is 6.61 Å². The number of carbonyl (C=O) groups is 2. The van der Waals surface area contributed by atoms with Gasteiger partial charge in [0.15, 0.2) is 12.6 Å². The fourth-order valence-electron chi connectivity index (χ4n) is 2.29. The summed E-state index contributed by atoms with van der Waals surface area (Å²) >= 11 is 0. The van der Waals surface area contributed by atoms with Gasteiger partial charge in [0.2, 0.25) is 0 Å². The molecule has 1 aromatic carbocycles. The Labute approximate surface area is 252 Å². The van der Waals surface area contributed by atoms with E-state index in [2.05, 4.69) is 5.32 Å². The Bertz CT molecular complexity index is 563. The van der Waals surface area contributed by atoms with E-state index in [-0.39, 0.29) is 143 Å². The van der Waals surface area contributed by atoms with E-state index in [1.807, 2.05) is 0 Å². The van der Waals surface area contributed by atoms with Crippen LogP contribution < -0.4 is 5.32 Å². The summed E-state index contributed by atoms with van der Waals surface area (Å²) in [5.74, 6) is -0.705. The van der Waals surface area contributed by atoms with E-state index in [0.717, 1.165) is 0 Å². The van der Waals surface area contributed by atoms with E-state index < -0.39 is 43.2 Å². The number of nitrogens with one attached hydrogen (secondary N) is 1. The predicted octanol–water partition coefficient (Wildman–Crippen LogP) is -1.97. The van der Waals surface area contributed by atoms with Gasteiger partial charge in [0, 0.05) is 143 Å². The maximum absolute atomic E-state index is 12.2. The van der Waals surface area contributed by atoms with Crippen LogP contribution in [0.1, 0.15) is 20.7 Å². The first kappa shape index (κ1) is 29.7. The van der Waals surface area contributed by atoms with Gasteiger partial charge in [0.25, 0.3) is 5.91 Å². The van der Waals surface area contributed by atoms with Crippen LogP contribution in [-0.4, -0.2) is 69.9 Å². The minimum Gasteiger partial charge on any atom is -0.394 e. The van der Waals surface area contributed by atoms with Crippen LogP contribution in [-0.2, 0) is 4.74 Å². The van der Waals surface area contributed by atoms with Gasteiger partial charge in [-0.15, -0.1) is 0 Å². The summed E-state index contributed by atoms with van der Waals surface area (Å²) < 4.78 is 4.94. The van der Waals surface area contributed by atoms with E-state index in [1.165, 1.54) is 12.1 Å². The molecule has 0 saturated carbocycles. The smallest absolute Gasteiger partial charge is 0.252 e. The molecule has 1 fully saturated rings. The van der Waals surface area contributed by atoms with Crippen molar-refractivity contribution < 1.29 is 167 Å². The number of rotatable bonds is 4. The van der Waals surface area contributed by atoms with Gasteiger partial charge in [-0.05, 0) is 6.07 Å². The third-order valence-electron chi connectivity index (χ3n) is 3.53. The summed E-state index contributed by atoms with van der Waals surface area (Å²) in [4.78, 5) is 23.1. The molecule has 1 amide bonds. The zero-order valence-electron chi connectivity index (χ0n) is 13.2. The van der Waals surface area contributed by atoms with Gasteiger partial charge < -0.3 is 30.5 Å². The molecule has 1 aliphatic rings. The number of hydrogen-bond donors (Lipinski definition) is 5. The third-order valence-corrected chi connectivity index (χ3v) is 3.53. The molecule has 129 valence electrons. The minimum atomic E-state index is -1.61. The van der Waals surface area contributed by atoms with Gasteiger partial charge >= 0.3 is 0 Å². The molecule has 0 aliphatic carbocycles. The fourth-order valence-corrected chi connectivity index (χ4v) is 2.29. The molecule has 11 heteroatoms. The number of amides is 1. The van der Waals surface area contributed by atoms with E-state index >= 15 is 0 Å². The molecule has 2 rings (SSSR count). The second-order valence-corrected chi connectivity index (χ2v) is 4.93. The Morgan fingerprint density at radius 3 is 2.28 bits per heavy atom. The number of benzene rings is 1. The molecule has 3 unspecified atom stereocenters. The molecule has 5 atom stereocenters. The Hall–Kier alpha value is 2.48. The SMILES string of the molecule is O=Cc1ccccc1C(=O)N[C@H]1C(O)OC(CO)[C@H](O)C1O.[Ac].[Ac].[Ac]. The predicted molar refractivity (Wildman–Crippen MR) is 73.1 cm³/mol. The van der Waals surface area contributed by atoms with Crippen LogP contribution in [0.15, 0.2) is 24.3 Å². The summed E-state index contributed by atoms with van der Waals surface area (Å²) in [5, 5.41) is 40.8. The standard InChI is InChI=1S/C14H17NO7.3Ac/c16-5-7-3-1-2-4-8(7)13(20)15-10-12(19)11(18)9(6-17)22-14(10)21;;;/h1-5,9-12,14,17-19,21H,6H2,(H,15,20);;;/t9?,10-,11+,12?,14?;;;/m1.../s1. The first-order valence-corrected chi connectivity index (χ1v) is 6.65. The zero-order valence-corrected chi connectivity index (χ0v) is 27.5. The monoisotopic (exact) mass is 992 g/mol. The van der Waals surface area contributed by atoms with Crippen molar-refractivity contribution in [2.45, 2.75) is 30.6 Å². The van der Waals surface area contributed by atoms with Crippen molar-refractivity contribution in [1.82, 2.24) is 5.32 Å². The topological polar surface area (TPSA) is 136 Å². The molecular formula is C14H17Ac3NO7. The first-order valence-electron chi connectivity index (χ1n) is 6.65. The van der Waals surface area contributed by atoms with Crippen molar-refractivity contribution in [3.63, 3.8) is 0 Å². The Morgan fingerprint density at radius 2 is 1.72 bits per heavy atom. The molecule has 8 nitrogen and oxygen atoms in total. The Kier molecular flexibility index (Phi) is 17.2. The average Bonchev–Trinajstić information content (AvgIpc) is 2.54. The van der Waals surface area contributed by atoms with Crippen LogP contribution in [0, 0.1) is 132 Å². The molecule has 1 aromatic rings. The fraction of sp³-hybridized carbons (Fsp3) is 0.429. The number of hydrogen-bond acceptors (Lipinski definition) is 7. The average molecular weight is 992 g/mol. The molecule has 1 aliphatic heterocycles. The summed E-state index contributed by atoms with van der Waals surface area (Å²) in [6, 6.07) is 4.70. The van der Waals surface area contributed by atoms with Crippen molar-refractivity contribution >= 4 is 12.2 Å². The van der Waals surface area contributed by atoms with Crippen molar-refractivity contribution in [3.05, 3.63) is 35.4 Å². The van der Waals surface area contributed by atoms with Crippen LogP contribution in [0.5, 0.6) is 0 Å². The van der Waals surface area contributed by atoms with E-state index in [4.69, 9.17) is 9.84 Å². The zero-order chi connectivity index (χ0) is 16.3. The molecule has 3 radical (unpaired) electrons. The second kappa shape index (κ2) is 14.5. The number of aliphatic hydroxyl groups is 4. The van der Waals surface area contributed by atoms with Gasteiger partial charge in [0.1, 0.15) is 24.4 Å². The molecule has 1 heterocycles. The van der Waals surface area contributed by atoms with Crippen molar-refractivity contribution in [3.8, 4) is 0 Å². The Balaban J connectivity index is 0. The van der Waals surface area contributed by atoms with E-state index in [1.54, 1.807) is 12.1 Å². The molecule has 0 aromatic heterocycles. The first-order chi connectivity index (χ1) is 10.5. The molecule has 25 heavy (non-hydrogen) atoms. The summed E-state index contributed by atoms with van der Waals surface area (Å²) in [6.07, 6.45) is -5.26. The maximum atomic E-state index is 12.2. The van der Waals surface area contributed by atoms with Gasteiger partial charge in [-0.3, -0.25) is 9.59 Å². The van der Waals surface area contributed by atoms with Crippen molar-refractivity contribution in [2.24, 2.45) is 0 Å². The summed E-state index contributed by atoms with van der Waals surface area (Å²) in [5.41, 5.74) is 0.213. The summed E-state index contributed by atoms with van der Waals surface area (Å²) in [7, 11) is 0. The quantitative estimate of drug-likeness (QED) is 0.221. The number of ether oxygens (including phenoxy) is 1. The third kappa shape index (κ3) is 7.67. The van der Waals surface area contributed by atoms with Crippen LogP contribution in [0.2, 0.25) is 0 Å². The normalized spacial score (nSPS) is 27.8. The second-order valence-electron chi connectivity index (χ2n) is 4.93. The van der Waals surface area contributed by atoms with Crippen LogP contribution in [0.4, 0.5) is 0 Å². The summed E-state index contributed by atoms with van der Waals surface area (Å²) in [6.45, 7) is -0.593. The maximum Gasteiger partial charge on any atom is 0.252 e. The van der Waals surface area contributed by atoms with Gasteiger partial charge in [0.05, 0.1) is 6.61 Å². The van der Waals surface area contributed by atoms with E-state index in [0.29, 0.717) is 6.29 Å². The van der Waals surface area contributed by atoms with Crippen molar-refractivity contribution in [1.29, 1.82) is 0 Å². The van der Waals surface area contributed by atoms with Crippen LogP contribution in [0.25, 0.3) is 0 Å². The van der Waals surface area contributed by atoms with Gasteiger partial charge in [-0.2, -0.15) is 0 Å². The largest absolute Gasteiger partial charge is 0.394 e. The number of aliphatic hydroxyl groups excluding tert-OH is 4. The molecule has 1 saturated heterocycles. The Morgan fingerprint density at radius 1 is 1.12 bits per heavy atom. The molecule has 0 bridgehead atoms. The molecule has 5 N–H and O–H groups in total. The van der Waals surface area contributed by atoms with E-state index in [9.17, 15) is 24.9 Å². The van der Waals surface area contributed by atoms with Crippen LogP contribution >= 0.6 is 0 Å². The van der Waals surface area contributed by atoms with Gasteiger partial charge in [-0.1, -0.05) is 18.2 Å². The van der Waals surface area contributed by atoms with Crippen LogP contribution in [0.3, 0.4) is 0 Å². The molecular weight excluding hydrogens is 975 g/mol. The number of aldehydes is 1.